The molecule has 118 valence electrons. The number of nitrogens with one attached hydrogen (secondary N) is 2. The predicted molar refractivity (Wildman–Crippen MR) is 77.8 cm³/mol. The third-order valence-corrected chi connectivity index (χ3v) is 5.11. The van der Waals surface area contributed by atoms with Gasteiger partial charge < -0.3 is 9.32 Å². The lowest BCUT2D eigenvalue weighted by molar-refractivity contribution is -0.126. The van der Waals surface area contributed by atoms with Gasteiger partial charge in [-0.1, -0.05) is 0 Å². The van der Waals surface area contributed by atoms with Crippen LogP contribution in [0.3, 0.4) is 0 Å². The molecule has 1 aliphatic rings. The second kappa shape index (κ2) is 5.25. The van der Waals surface area contributed by atoms with E-state index in [1.54, 1.807) is 11.9 Å². The van der Waals surface area contributed by atoms with Crippen molar-refractivity contribution in [3.8, 4) is 0 Å². The third kappa shape index (κ3) is 2.77. The minimum absolute atomic E-state index is 0.0136. The summed E-state index contributed by atoms with van der Waals surface area (Å²) >= 11 is 0. The maximum Gasteiger partial charge on any atom is 0.417 e. The minimum atomic E-state index is -3.72. The summed E-state index contributed by atoms with van der Waals surface area (Å²) in [6.45, 7) is 0.723. The number of fused-ring (bicyclic) bond motifs is 1. The molecule has 22 heavy (non-hydrogen) atoms. The van der Waals surface area contributed by atoms with E-state index < -0.39 is 15.8 Å². The molecule has 1 aromatic heterocycles. The number of carbonyl (C=O) groups excluding carboxylic acids is 1. The average Bonchev–Trinajstić information content (AvgIpc) is 2.98. The third-order valence-electron chi connectivity index (χ3n) is 3.69. The predicted octanol–water partition coefficient (Wildman–Crippen LogP) is -0.122. The van der Waals surface area contributed by atoms with Crippen molar-refractivity contribution in [1.82, 2.24) is 14.6 Å². The van der Waals surface area contributed by atoms with Crippen LogP contribution >= 0.6 is 0 Å². The van der Waals surface area contributed by atoms with Crippen LogP contribution in [0.1, 0.15) is 6.42 Å². The van der Waals surface area contributed by atoms with Gasteiger partial charge in [-0.05, 0) is 18.1 Å². The standard InChI is InChI=1S/C13H15N3O5S/c1-16-7-8(4-12(16)17)6-14-22(19,20)9-2-3-10-11(5-9)21-13(18)15-10/h2-3,5,8,14H,4,6-7H2,1H3,(H,15,18). The number of hydrogen-bond donors (Lipinski definition) is 2. The first-order valence-corrected chi connectivity index (χ1v) is 8.20. The SMILES string of the molecule is CN1CC(CNS(=O)(=O)c2ccc3[nH]c(=O)oc3c2)CC1=O. The summed E-state index contributed by atoms with van der Waals surface area (Å²) in [4.78, 5) is 26.6. The van der Waals surface area contributed by atoms with Gasteiger partial charge in [-0.3, -0.25) is 9.78 Å². The lowest BCUT2D eigenvalue weighted by atomic mass is 10.1. The minimum Gasteiger partial charge on any atom is -0.408 e. The molecule has 2 N–H and O–H groups in total. The zero-order chi connectivity index (χ0) is 15.9. The molecule has 9 heteroatoms. The number of likely N-dealkylation sites (tertiary alicyclic amines) is 1. The van der Waals surface area contributed by atoms with E-state index in [1.807, 2.05) is 0 Å². The zero-order valence-corrected chi connectivity index (χ0v) is 12.6. The molecule has 0 aliphatic carbocycles. The van der Waals surface area contributed by atoms with E-state index in [1.165, 1.54) is 18.2 Å². The summed E-state index contributed by atoms with van der Waals surface area (Å²) in [5.41, 5.74) is 0.621. The van der Waals surface area contributed by atoms with E-state index in [-0.39, 0.29) is 28.8 Å². The summed E-state index contributed by atoms with van der Waals surface area (Å²) in [6.07, 6.45) is 0.338. The zero-order valence-electron chi connectivity index (χ0n) is 11.8. The summed E-state index contributed by atoms with van der Waals surface area (Å²) in [5.74, 6) is -0.661. The van der Waals surface area contributed by atoms with Gasteiger partial charge in [0.15, 0.2) is 5.58 Å². The fourth-order valence-corrected chi connectivity index (χ4v) is 3.63. The largest absolute Gasteiger partial charge is 0.417 e. The number of aromatic amines is 1. The van der Waals surface area contributed by atoms with Crippen molar-refractivity contribution in [1.29, 1.82) is 0 Å². The van der Waals surface area contributed by atoms with Crippen LogP contribution in [0.25, 0.3) is 11.1 Å². The van der Waals surface area contributed by atoms with E-state index in [2.05, 4.69) is 9.71 Å². The van der Waals surface area contributed by atoms with Crippen LogP contribution < -0.4 is 10.5 Å². The molecular formula is C13H15N3O5S. The molecule has 0 radical (unpaired) electrons. The normalized spacial score (nSPS) is 19.2. The van der Waals surface area contributed by atoms with Crippen LogP contribution in [0.2, 0.25) is 0 Å². The van der Waals surface area contributed by atoms with E-state index in [4.69, 9.17) is 4.42 Å². The van der Waals surface area contributed by atoms with Crippen molar-refractivity contribution in [2.45, 2.75) is 11.3 Å². The lowest BCUT2D eigenvalue weighted by Crippen LogP contribution is -2.30. The van der Waals surface area contributed by atoms with Crippen molar-refractivity contribution >= 4 is 27.0 Å². The van der Waals surface area contributed by atoms with Crippen LogP contribution in [-0.2, 0) is 14.8 Å². The molecule has 0 bridgehead atoms. The van der Waals surface area contributed by atoms with Crippen LogP contribution in [0.4, 0.5) is 0 Å². The van der Waals surface area contributed by atoms with E-state index in [0.717, 1.165) is 0 Å². The lowest BCUT2D eigenvalue weighted by Gasteiger charge is -2.11. The molecule has 1 aliphatic heterocycles. The molecule has 1 fully saturated rings. The second-order valence-corrected chi connectivity index (χ2v) is 7.14. The van der Waals surface area contributed by atoms with Gasteiger partial charge >= 0.3 is 5.76 Å². The Morgan fingerprint density at radius 3 is 2.86 bits per heavy atom. The summed E-state index contributed by atoms with van der Waals surface area (Å²) in [7, 11) is -2.03. The Morgan fingerprint density at radius 2 is 2.18 bits per heavy atom. The number of sulfonamides is 1. The molecule has 1 atom stereocenters. The smallest absolute Gasteiger partial charge is 0.408 e. The van der Waals surface area contributed by atoms with Gasteiger partial charge in [0.2, 0.25) is 15.9 Å². The number of carbonyl (C=O) groups is 1. The summed E-state index contributed by atoms with van der Waals surface area (Å²) in [6, 6.07) is 4.16. The monoisotopic (exact) mass is 325 g/mol. The van der Waals surface area contributed by atoms with Crippen LogP contribution in [-0.4, -0.2) is 44.3 Å². The quantitative estimate of drug-likeness (QED) is 0.813. The molecule has 2 heterocycles. The molecule has 1 amide bonds. The molecule has 2 aromatic rings. The van der Waals surface area contributed by atoms with Gasteiger partial charge in [-0.15, -0.1) is 0 Å². The highest BCUT2D eigenvalue weighted by molar-refractivity contribution is 7.89. The van der Waals surface area contributed by atoms with Crippen molar-refractivity contribution in [3.63, 3.8) is 0 Å². The van der Waals surface area contributed by atoms with Gasteiger partial charge in [-0.25, -0.2) is 17.9 Å². The topological polar surface area (TPSA) is 112 Å². The summed E-state index contributed by atoms with van der Waals surface area (Å²) < 4.78 is 31.9. The maximum atomic E-state index is 12.3. The number of H-pyrrole nitrogens is 1. The van der Waals surface area contributed by atoms with E-state index in [0.29, 0.717) is 18.5 Å². The number of hydrogen-bond acceptors (Lipinski definition) is 5. The maximum absolute atomic E-state index is 12.3. The molecule has 0 spiro atoms. The van der Waals surface area contributed by atoms with Crippen LogP contribution in [0, 0.1) is 5.92 Å². The molecular weight excluding hydrogens is 310 g/mol. The summed E-state index contributed by atoms with van der Waals surface area (Å²) in [5, 5.41) is 0. The first kappa shape index (κ1) is 14.8. The van der Waals surface area contributed by atoms with E-state index in [9.17, 15) is 18.0 Å². The van der Waals surface area contributed by atoms with Crippen LogP contribution in [0.15, 0.2) is 32.3 Å². The average molecular weight is 325 g/mol. The van der Waals surface area contributed by atoms with Gasteiger partial charge in [0, 0.05) is 32.6 Å². The second-order valence-electron chi connectivity index (χ2n) is 5.37. The Bertz CT molecular complexity index is 882. The Hall–Kier alpha value is -2.13. The molecule has 3 rings (SSSR count). The Kier molecular flexibility index (Phi) is 3.53. The molecule has 0 saturated carbocycles. The number of rotatable bonds is 4. The number of benzene rings is 1. The van der Waals surface area contributed by atoms with Crippen LogP contribution in [0.5, 0.6) is 0 Å². The highest BCUT2D eigenvalue weighted by Gasteiger charge is 2.28. The van der Waals surface area contributed by atoms with Crippen molar-refractivity contribution < 1.29 is 17.6 Å². The molecule has 1 aromatic carbocycles. The van der Waals surface area contributed by atoms with Gasteiger partial charge in [0.1, 0.15) is 0 Å². The number of nitrogens with zero attached hydrogens (tertiary/aromatic N) is 1. The number of aromatic nitrogens is 1. The highest BCUT2D eigenvalue weighted by Crippen LogP contribution is 2.18. The first-order chi connectivity index (χ1) is 10.3. The van der Waals surface area contributed by atoms with Gasteiger partial charge in [0.05, 0.1) is 10.4 Å². The first-order valence-electron chi connectivity index (χ1n) is 6.72. The number of oxazole rings is 1. The fourth-order valence-electron chi connectivity index (χ4n) is 2.50. The van der Waals surface area contributed by atoms with Gasteiger partial charge in [0.25, 0.3) is 0 Å². The Balaban J connectivity index is 1.76. The van der Waals surface area contributed by atoms with Crippen molar-refractivity contribution in [2.75, 3.05) is 20.1 Å². The Morgan fingerprint density at radius 1 is 1.41 bits per heavy atom. The molecule has 1 unspecified atom stereocenters. The highest BCUT2D eigenvalue weighted by atomic mass is 32.2. The van der Waals surface area contributed by atoms with Crippen molar-refractivity contribution in [3.05, 3.63) is 28.7 Å². The fraction of sp³-hybridized carbons (Fsp3) is 0.385. The molecule has 1 saturated heterocycles. The Labute approximate surface area is 126 Å². The van der Waals surface area contributed by atoms with Crippen molar-refractivity contribution in [2.24, 2.45) is 5.92 Å². The number of amides is 1. The van der Waals surface area contributed by atoms with E-state index >= 15 is 0 Å². The molecule has 8 nitrogen and oxygen atoms in total. The van der Waals surface area contributed by atoms with Gasteiger partial charge in [-0.2, -0.15) is 0 Å².